The van der Waals surface area contributed by atoms with Crippen LogP contribution in [0.4, 0.5) is 10.3 Å². The molecule has 0 fully saturated rings. The third-order valence-electron chi connectivity index (χ3n) is 2.95. The van der Waals surface area contributed by atoms with Crippen molar-refractivity contribution in [3.8, 4) is 0 Å². The third-order valence-corrected chi connectivity index (χ3v) is 4.05. The van der Waals surface area contributed by atoms with Gasteiger partial charge in [0.2, 0.25) is 5.76 Å². The molecule has 0 N–H and O–H groups in total. The maximum absolute atomic E-state index is 13.2. The number of amides is 1. The summed E-state index contributed by atoms with van der Waals surface area (Å²) in [6.45, 7) is 0. The van der Waals surface area contributed by atoms with Gasteiger partial charge in [-0.15, -0.1) is 0 Å². The van der Waals surface area contributed by atoms with Crippen LogP contribution in [0.2, 0.25) is 0 Å². The van der Waals surface area contributed by atoms with Gasteiger partial charge in [0, 0.05) is 7.05 Å². The van der Waals surface area contributed by atoms with Crippen LogP contribution in [0.5, 0.6) is 0 Å². The SMILES string of the molecule is Cn1c(=NC(=O)c2ccc([N+](=O)[O-])o2)sc2cc(F)ccc21. The van der Waals surface area contributed by atoms with E-state index in [0.717, 1.165) is 22.9 Å². The highest BCUT2D eigenvalue weighted by atomic mass is 32.1. The van der Waals surface area contributed by atoms with Gasteiger partial charge in [-0.3, -0.25) is 14.9 Å². The number of carbonyl (C=O) groups is 1. The van der Waals surface area contributed by atoms with Gasteiger partial charge in [0.05, 0.1) is 16.3 Å². The van der Waals surface area contributed by atoms with Crippen molar-refractivity contribution in [2.75, 3.05) is 0 Å². The summed E-state index contributed by atoms with van der Waals surface area (Å²) in [4.78, 5) is 26.0. The number of nitro groups is 1. The van der Waals surface area contributed by atoms with E-state index in [-0.39, 0.29) is 11.6 Å². The molecule has 112 valence electrons. The molecule has 0 saturated carbocycles. The lowest BCUT2D eigenvalue weighted by molar-refractivity contribution is -0.402. The number of aryl methyl sites for hydroxylation is 1. The molecule has 0 unspecified atom stereocenters. The van der Waals surface area contributed by atoms with E-state index in [0.29, 0.717) is 9.50 Å². The van der Waals surface area contributed by atoms with Crippen molar-refractivity contribution in [1.29, 1.82) is 0 Å². The second kappa shape index (κ2) is 5.19. The van der Waals surface area contributed by atoms with Crippen LogP contribution in [0.3, 0.4) is 0 Å². The Morgan fingerprint density at radius 1 is 1.41 bits per heavy atom. The fourth-order valence-electron chi connectivity index (χ4n) is 1.90. The number of nitrogens with zero attached hydrogens (tertiary/aromatic N) is 3. The van der Waals surface area contributed by atoms with E-state index in [1.807, 2.05) is 0 Å². The Kier molecular flexibility index (Phi) is 3.33. The van der Waals surface area contributed by atoms with Gasteiger partial charge in [-0.1, -0.05) is 11.3 Å². The Hall–Kier alpha value is -2.81. The lowest BCUT2D eigenvalue weighted by Crippen LogP contribution is -2.12. The zero-order valence-electron chi connectivity index (χ0n) is 11.1. The average Bonchev–Trinajstić information content (AvgIpc) is 3.05. The summed E-state index contributed by atoms with van der Waals surface area (Å²) in [5.74, 6) is -1.87. The molecule has 0 radical (unpaired) electrons. The number of benzene rings is 1. The molecule has 2 aromatic heterocycles. The maximum atomic E-state index is 13.2. The maximum Gasteiger partial charge on any atom is 0.433 e. The predicted molar refractivity (Wildman–Crippen MR) is 76.0 cm³/mol. The van der Waals surface area contributed by atoms with Crippen LogP contribution in [0.15, 0.2) is 39.7 Å². The summed E-state index contributed by atoms with van der Waals surface area (Å²) in [7, 11) is 1.69. The first-order chi connectivity index (χ1) is 10.5. The Bertz CT molecular complexity index is 969. The summed E-state index contributed by atoms with van der Waals surface area (Å²) in [5, 5.41) is 10.5. The van der Waals surface area contributed by atoms with Gasteiger partial charge in [0.1, 0.15) is 10.7 Å². The highest BCUT2D eigenvalue weighted by molar-refractivity contribution is 7.16. The number of halogens is 1. The largest absolute Gasteiger partial charge is 0.433 e. The van der Waals surface area contributed by atoms with Gasteiger partial charge in [-0.2, -0.15) is 4.99 Å². The minimum atomic E-state index is -0.740. The first kappa shape index (κ1) is 14.1. The summed E-state index contributed by atoms with van der Waals surface area (Å²) in [6.07, 6.45) is 0. The normalized spacial score (nSPS) is 12.0. The molecule has 9 heteroatoms. The number of thiazole rings is 1. The number of hydrogen-bond donors (Lipinski definition) is 0. The Balaban J connectivity index is 2.05. The van der Waals surface area contributed by atoms with Gasteiger partial charge < -0.3 is 8.98 Å². The minimum absolute atomic E-state index is 0.227. The molecule has 0 spiro atoms. The zero-order valence-corrected chi connectivity index (χ0v) is 12.0. The van der Waals surface area contributed by atoms with Crippen LogP contribution in [-0.4, -0.2) is 15.4 Å². The van der Waals surface area contributed by atoms with Crippen LogP contribution in [0, 0.1) is 15.9 Å². The number of rotatable bonds is 2. The standard InChI is InChI=1S/C13H8FN3O4S/c1-16-8-3-2-7(14)6-10(8)22-13(16)15-12(18)9-4-5-11(21-9)17(19)20/h2-6H,1H3. The molecule has 0 aliphatic carbocycles. The third kappa shape index (κ3) is 2.42. The topological polar surface area (TPSA) is 90.6 Å². The average molecular weight is 321 g/mol. The Morgan fingerprint density at radius 2 is 2.18 bits per heavy atom. The van der Waals surface area contributed by atoms with Crippen LogP contribution in [0.25, 0.3) is 10.2 Å². The number of carbonyl (C=O) groups excluding carboxylic acids is 1. The van der Waals surface area contributed by atoms with Crippen molar-refractivity contribution in [3.05, 3.63) is 56.8 Å². The van der Waals surface area contributed by atoms with Gasteiger partial charge in [-0.25, -0.2) is 4.39 Å². The highest BCUT2D eigenvalue weighted by Gasteiger charge is 2.17. The Morgan fingerprint density at radius 3 is 2.86 bits per heavy atom. The van der Waals surface area contributed by atoms with E-state index in [9.17, 15) is 19.3 Å². The van der Waals surface area contributed by atoms with Crippen molar-refractivity contribution in [2.45, 2.75) is 0 Å². The smallest absolute Gasteiger partial charge is 0.395 e. The lowest BCUT2D eigenvalue weighted by Gasteiger charge is -1.94. The quantitative estimate of drug-likeness (QED) is 0.536. The minimum Gasteiger partial charge on any atom is -0.395 e. The number of aromatic nitrogens is 1. The van der Waals surface area contributed by atoms with E-state index >= 15 is 0 Å². The van der Waals surface area contributed by atoms with Crippen LogP contribution >= 0.6 is 11.3 Å². The van der Waals surface area contributed by atoms with Crippen LogP contribution in [-0.2, 0) is 7.05 Å². The van der Waals surface area contributed by atoms with Gasteiger partial charge in [-0.05, 0) is 24.3 Å². The molecular formula is C13H8FN3O4S. The number of fused-ring (bicyclic) bond motifs is 1. The predicted octanol–water partition coefficient (Wildman–Crippen LogP) is 2.62. The monoisotopic (exact) mass is 321 g/mol. The van der Waals surface area contributed by atoms with Crippen molar-refractivity contribution in [3.63, 3.8) is 0 Å². The highest BCUT2D eigenvalue weighted by Crippen LogP contribution is 2.19. The summed E-state index contributed by atoms with van der Waals surface area (Å²) in [6, 6.07) is 6.53. The first-order valence-electron chi connectivity index (χ1n) is 6.04. The van der Waals surface area contributed by atoms with Crippen LogP contribution < -0.4 is 4.80 Å². The van der Waals surface area contributed by atoms with Gasteiger partial charge in [0.25, 0.3) is 0 Å². The zero-order chi connectivity index (χ0) is 15.9. The molecule has 7 nitrogen and oxygen atoms in total. The fourth-order valence-corrected chi connectivity index (χ4v) is 2.94. The molecule has 0 bridgehead atoms. The molecule has 1 aromatic carbocycles. The number of furan rings is 1. The first-order valence-corrected chi connectivity index (χ1v) is 6.86. The molecule has 3 rings (SSSR count). The van der Waals surface area contributed by atoms with Gasteiger partial charge >= 0.3 is 11.8 Å². The molecule has 22 heavy (non-hydrogen) atoms. The molecule has 0 saturated heterocycles. The van der Waals surface area contributed by atoms with E-state index in [2.05, 4.69) is 4.99 Å². The van der Waals surface area contributed by atoms with Crippen molar-refractivity contribution >= 4 is 33.3 Å². The second-order valence-electron chi connectivity index (χ2n) is 4.37. The van der Waals surface area contributed by atoms with E-state index in [1.54, 1.807) is 17.7 Å². The lowest BCUT2D eigenvalue weighted by atomic mass is 10.3. The van der Waals surface area contributed by atoms with Gasteiger partial charge in [0.15, 0.2) is 4.80 Å². The molecular weight excluding hydrogens is 313 g/mol. The van der Waals surface area contributed by atoms with Crippen molar-refractivity contribution in [1.82, 2.24) is 4.57 Å². The Labute approximate surface area is 126 Å². The summed E-state index contributed by atoms with van der Waals surface area (Å²) in [5.41, 5.74) is 0.725. The molecule has 0 aliphatic rings. The molecule has 0 atom stereocenters. The fraction of sp³-hybridized carbons (Fsp3) is 0.0769. The van der Waals surface area contributed by atoms with Crippen molar-refractivity contribution < 1.29 is 18.5 Å². The molecule has 3 aromatic rings. The second-order valence-corrected chi connectivity index (χ2v) is 5.38. The number of hydrogen-bond acceptors (Lipinski definition) is 5. The van der Waals surface area contributed by atoms with E-state index in [4.69, 9.17) is 4.42 Å². The summed E-state index contributed by atoms with van der Waals surface area (Å²) < 4.78 is 20.3. The molecule has 0 aliphatic heterocycles. The van der Waals surface area contributed by atoms with Crippen LogP contribution in [0.1, 0.15) is 10.6 Å². The van der Waals surface area contributed by atoms with E-state index in [1.165, 1.54) is 18.2 Å². The summed E-state index contributed by atoms with van der Waals surface area (Å²) >= 11 is 1.13. The molecule has 2 heterocycles. The molecule has 1 amide bonds. The van der Waals surface area contributed by atoms with Crippen molar-refractivity contribution in [2.24, 2.45) is 12.0 Å². The van der Waals surface area contributed by atoms with E-state index < -0.39 is 16.7 Å².